The molecule has 1 aliphatic heterocycles. The maximum atomic E-state index is 13.0. The second-order valence-corrected chi connectivity index (χ2v) is 11.4. The zero-order valence-corrected chi connectivity index (χ0v) is 21.3. The molecule has 32 heavy (non-hydrogen) atoms. The zero-order chi connectivity index (χ0) is 22.4. The van der Waals surface area contributed by atoms with Gasteiger partial charge in [0.25, 0.3) is 5.91 Å². The fourth-order valence-corrected chi connectivity index (χ4v) is 6.37. The summed E-state index contributed by atoms with van der Waals surface area (Å²) in [5, 5.41) is 1.27. The molecule has 1 aromatic carbocycles. The smallest absolute Gasteiger partial charge is 0.253 e. The van der Waals surface area contributed by atoms with E-state index in [1.807, 2.05) is 40.5 Å². The molecule has 1 saturated heterocycles. The Morgan fingerprint density at radius 3 is 2.53 bits per heavy atom. The van der Waals surface area contributed by atoms with Gasteiger partial charge in [-0.2, -0.15) is 0 Å². The van der Waals surface area contributed by atoms with E-state index in [0.717, 1.165) is 58.4 Å². The lowest BCUT2D eigenvalue weighted by molar-refractivity contribution is 0.0746. The quantitative estimate of drug-likeness (QED) is 0.453. The van der Waals surface area contributed by atoms with Gasteiger partial charge in [0.15, 0.2) is 0 Å². The number of aromatic nitrogens is 2. The van der Waals surface area contributed by atoms with Crippen LogP contribution in [0.1, 0.15) is 59.7 Å². The van der Waals surface area contributed by atoms with Gasteiger partial charge in [-0.1, -0.05) is 36.7 Å². The zero-order valence-electron chi connectivity index (χ0n) is 18.9. The van der Waals surface area contributed by atoms with Gasteiger partial charge < -0.3 is 9.80 Å². The van der Waals surface area contributed by atoms with Crippen LogP contribution < -0.4 is 4.90 Å². The summed E-state index contributed by atoms with van der Waals surface area (Å²) in [6, 6.07) is 7.63. The fraction of sp³-hybridized carbons (Fsp3) is 0.480. The Balaban J connectivity index is 1.43. The summed E-state index contributed by atoms with van der Waals surface area (Å²) in [7, 11) is 0. The molecule has 7 heteroatoms. The third kappa shape index (κ3) is 4.05. The topological polar surface area (TPSA) is 49.3 Å². The Bertz CT molecular complexity index is 1150. The van der Waals surface area contributed by atoms with Gasteiger partial charge in [-0.3, -0.25) is 4.79 Å². The molecule has 1 aliphatic carbocycles. The van der Waals surface area contributed by atoms with Gasteiger partial charge in [-0.15, -0.1) is 11.3 Å². The van der Waals surface area contributed by atoms with Crippen LogP contribution in [-0.4, -0.2) is 47.0 Å². The minimum Gasteiger partial charge on any atom is -0.352 e. The van der Waals surface area contributed by atoms with Crippen molar-refractivity contribution in [2.45, 2.75) is 46.0 Å². The molecule has 0 unspecified atom stereocenters. The van der Waals surface area contributed by atoms with Gasteiger partial charge in [0, 0.05) is 47.0 Å². The lowest BCUT2D eigenvalue weighted by Gasteiger charge is -2.36. The molecule has 1 amide bonds. The summed E-state index contributed by atoms with van der Waals surface area (Å²) in [5.74, 6) is 3.14. The SMILES string of the molecule is CC(C)c1nc(N2CCN(C(=O)c3ccc(Br)cc3)CC2)c2c3c(sc2n1)C[C@H](C)CC3. The average Bonchev–Trinajstić information content (AvgIpc) is 3.16. The van der Waals surface area contributed by atoms with Crippen LogP contribution in [0.5, 0.6) is 0 Å². The second kappa shape index (κ2) is 8.75. The van der Waals surface area contributed by atoms with Crippen LogP contribution in [-0.2, 0) is 12.8 Å². The van der Waals surface area contributed by atoms with Crippen molar-refractivity contribution < 1.29 is 4.79 Å². The maximum Gasteiger partial charge on any atom is 0.253 e. The maximum absolute atomic E-state index is 13.0. The van der Waals surface area contributed by atoms with Crippen molar-refractivity contribution in [3.05, 3.63) is 50.6 Å². The molecule has 1 atom stereocenters. The number of carbonyl (C=O) groups excluding carboxylic acids is 1. The van der Waals surface area contributed by atoms with E-state index in [-0.39, 0.29) is 11.8 Å². The van der Waals surface area contributed by atoms with Gasteiger partial charge in [-0.25, -0.2) is 9.97 Å². The monoisotopic (exact) mass is 512 g/mol. The Hall–Kier alpha value is -1.99. The molecule has 1 fully saturated rings. The van der Waals surface area contributed by atoms with Crippen molar-refractivity contribution in [1.82, 2.24) is 14.9 Å². The Morgan fingerprint density at radius 1 is 1.12 bits per heavy atom. The summed E-state index contributed by atoms with van der Waals surface area (Å²) < 4.78 is 0.987. The number of rotatable bonds is 3. The molecule has 2 aliphatic rings. The number of carbonyl (C=O) groups is 1. The van der Waals surface area contributed by atoms with Crippen LogP contribution in [0.2, 0.25) is 0 Å². The summed E-state index contributed by atoms with van der Waals surface area (Å²) in [4.78, 5) is 30.0. The molecule has 168 valence electrons. The summed E-state index contributed by atoms with van der Waals surface area (Å²) >= 11 is 5.31. The molecule has 0 radical (unpaired) electrons. The first-order valence-electron chi connectivity index (χ1n) is 11.5. The van der Waals surface area contributed by atoms with Crippen molar-refractivity contribution in [3.63, 3.8) is 0 Å². The minimum absolute atomic E-state index is 0.106. The first-order valence-corrected chi connectivity index (χ1v) is 13.1. The predicted molar refractivity (Wildman–Crippen MR) is 135 cm³/mol. The number of thiophene rings is 1. The van der Waals surface area contributed by atoms with Crippen molar-refractivity contribution in [3.8, 4) is 0 Å². The van der Waals surface area contributed by atoms with Gasteiger partial charge in [0.05, 0.1) is 5.39 Å². The van der Waals surface area contributed by atoms with E-state index < -0.39 is 0 Å². The van der Waals surface area contributed by atoms with Crippen LogP contribution in [0.3, 0.4) is 0 Å². The number of nitrogens with zero attached hydrogens (tertiary/aromatic N) is 4. The van der Waals surface area contributed by atoms with Crippen LogP contribution in [0.4, 0.5) is 5.82 Å². The Labute approximate surface area is 202 Å². The molecule has 0 spiro atoms. The molecule has 0 bridgehead atoms. The summed E-state index contributed by atoms with van der Waals surface area (Å²) in [6.45, 7) is 9.69. The van der Waals surface area contributed by atoms with E-state index in [9.17, 15) is 4.79 Å². The van der Waals surface area contributed by atoms with Crippen molar-refractivity contribution >= 4 is 49.2 Å². The molecule has 0 saturated carbocycles. The molecular weight excluding hydrogens is 484 g/mol. The molecule has 2 aromatic heterocycles. The third-order valence-corrected chi connectivity index (χ3v) is 8.30. The summed E-state index contributed by atoms with van der Waals surface area (Å²) in [6.07, 6.45) is 3.51. The van der Waals surface area contributed by atoms with E-state index in [4.69, 9.17) is 9.97 Å². The molecule has 0 N–H and O–H groups in total. The molecule has 5 nitrogen and oxygen atoms in total. The van der Waals surface area contributed by atoms with E-state index >= 15 is 0 Å². The van der Waals surface area contributed by atoms with Crippen LogP contribution >= 0.6 is 27.3 Å². The number of fused-ring (bicyclic) bond motifs is 3. The van der Waals surface area contributed by atoms with Gasteiger partial charge >= 0.3 is 0 Å². The van der Waals surface area contributed by atoms with E-state index in [0.29, 0.717) is 13.1 Å². The lowest BCUT2D eigenvalue weighted by atomic mass is 9.89. The normalized spacial score (nSPS) is 19.0. The molecule has 3 heterocycles. The second-order valence-electron chi connectivity index (χ2n) is 9.38. The van der Waals surface area contributed by atoms with Gasteiger partial charge in [0.2, 0.25) is 0 Å². The van der Waals surface area contributed by atoms with Crippen LogP contribution in [0, 0.1) is 5.92 Å². The Kier molecular flexibility index (Phi) is 5.97. The highest BCUT2D eigenvalue weighted by Crippen LogP contribution is 2.41. The van der Waals surface area contributed by atoms with Gasteiger partial charge in [-0.05, 0) is 55.0 Å². The number of halogens is 1. The standard InChI is InChI=1S/C25H29BrN4OS/c1-15(2)22-27-23(21-19-9-4-16(3)14-20(19)32-24(21)28-22)29-10-12-30(13-11-29)25(31)17-5-7-18(26)8-6-17/h5-8,15-16H,4,9-14H2,1-3H3/t16-/m1/s1. The highest BCUT2D eigenvalue weighted by atomic mass is 79.9. The van der Waals surface area contributed by atoms with E-state index in [1.165, 1.54) is 22.2 Å². The number of piperazine rings is 1. The number of anilines is 1. The van der Waals surface area contributed by atoms with E-state index in [2.05, 4.69) is 41.6 Å². The number of benzene rings is 1. The summed E-state index contributed by atoms with van der Waals surface area (Å²) in [5.41, 5.74) is 2.22. The molecular formula is C25H29BrN4OS. The minimum atomic E-state index is 0.106. The highest BCUT2D eigenvalue weighted by molar-refractivity contribution is 9.10. The average molecular weight is 514 g/mol. The Morgan fingerprint density at radius 2 is 1.84 bits per heavy atom. The van der Waals surface area contributed by atoms with E-state index in [1.54, 1.807) is 0 Å². The number of aryl methyl sites for hydroxylation is 1. The number of hydrogen-bond donors (Lipinski definition) is 0. The van der Waals surface area contributed by atoms with Gasteiger partial charge in [0.1, 0.15) is 16.5 Å². The van der Waals surface area contributed by atoms with Crippen LogP contribution in [0.15, 0.2) is 28.7 Å². The molecule has 5 rings (SSSR count). The molecule has 3 aromatic rings. The number of hydrogen-bond acceptors (Lipinski definition) is 5. The first-order chi connectivity index (χ1) is 15.4. The van der Waals surface area contributed by atoms with Crippen LogP contribution in [0.25, 0.3) is 10.2 Å². The largest absolute Gasteiger partial charge is 0.352 e. The van der Waals surface area contributed by atoms with Crippen molar-refractivity contribution in [2.75, 3.05) is 31.1 Å². The number of amides is 1. The lowest BCUT2D eigenvalue weighted by Crippen LogP contribution is -2.49. The highest BCUT2D eigenvalue weighted by Gasteiger charge is 2.29. The third-order valence-electron chi connectivity index (χ3n) is 6.63. The fourth-order valence-electron chi connectivity index (χ4n) is 4.72. The predicted octanol–water partition coefficient (Wildman–Crippen LogP) is 5.66. The first kappa shape index (κ1) is 21.8. The van der Waals surface area contributed by atoms with Crippen molar-refractivity contribution in [2.24, 2.45) is 5.92 Å². The van der Waals surface area contributed by atoms with Crippen molar-refractivity contribution in [1.29, 1.82) is 0 Å².